The van der Waals surface area contributed by atoms with Crippen LogP contribution in [0.4, 0.5) is 0 Å². The summed E-state index contributed by atoms with van der Waals surface area (Å²) in [6, 6.07) is 5.00. The van der Waals surface area contributed by atoms with Gasteiger partial charge < -0.3 is 9.47 Å². The first kappa shape index (κ1) is 11.3. The molecule has 5 heteroatoms. The molecule has 0 aliphatic heterocycles. The molecule has 0 radical (unpaired) electrons. The van der Waals surface area contributed by atoms with Crippen molar-refractivity contribution in [2.24, 2.45) is 0 Å². The first-order chi connectivity index (χ1) is 7.22. The molecule has 0 aromatic heterocycles. The van der Waals surface area contributed by atoms with Crippen molar-refractivity contribution < 1.29 is 14.3 Å². The molecule has 2 N–H and O–H groups in total. The second-order valence-electron chi connectivity index (χ2n) is 2.77. The number of amides is 1. The predicted molar refractivity (Wildman–Crippen MR) is 56.1 cm³/mol. The van der Waals surface area contributed by atoms with Crippen molar-refractivity contribution in [1.82, 2.24) is 10.9 Å². The van der Waals surface area contributed by atoms with Crippen molar-refractivity contribution in [3.63, 3.8) is 0 Å². The Labute approximate surface area is 88.3 Å². The number of ether oxygens (including phenoxy) is 2. The minimum Gasteiger partial charge on any atom is -0.497 e. The van der Waals surface area contributed by atoms with Crippen molar-refractivity contribution in [3.05, 3.63) is 23.8 Å². The molecule has 5 nitrogen and oxygen atoms in total. The van der Waals surface area contributed by atoms with Crippen LogP contribution in [0, 0.1) is 0 Å². The molecule has 0 spiro atoms. The van der Waals surface area contributed by atoms with Crippen LogP contribution in [0.1, 0.15) is 10.4 Å². The third kappa shape index (κ3) is 2.60. The molecule has 0 aliphatic rings. The number of benzene rings is 1. The number of nitrogens with one attached hydrogen (secondary N) is 2. The summed E-state index contributed by atoms with van der Waals surface area (Å²) in [6.45, 7) is 0. The van der Waals surface area contributed by atoms with Gasteiger partial charge in [-0.15, -0.1) is 0 Å². The van der Waals surface area contributed by atoms with Crippen LogP contribution >= 0.6 is 0 Å². The highest BCUT2D eigenvalue weighted by Gasteiger charge is 2.11. The SMILES string of the molecule is CNNC(=O)c1ccc(OC)cc1OC. The molecule has 0 saturated heterocycles. The molecule has 0 saturated carbocycles. The van der Waals surface area contributed by atoms with E-state index in [1.54, 1.807) is 32.4 Å². The molecule has 0 unspecified atom stereocenters. The highest BCUT2D eigenvalue weighted by Crippen LogP contribution is 2.24. The summed E-state index contributed by atoms with van der Waals surface area (Å²) < 4.78 is 10.1. The largest absolute Gasteiger partial charge is 0.497 e. The average Bonchev–Trinajstić information content (AvgIpc) is 2.28. The number of hydrogen-bond donors (Lipinski definition) is 2. The van der Waals surface area contributed by atoms with E-state index in [-0.39, 0.29) is 5.91 Å². The topological polar surface area (TPSA) is 59.6 Å². The lowest BCUT2D eigenvalue weighted by molar-refractivity contribution is 0.0935. The number of carbonyl (C=O) groups is 1. The fourth-order valence-electron chi connectivity index (χ4n) is 1.17. The van der Waals surface area contributed by atoms with Crippen LogP contribution in [0.15, 0.2) is 18.2 Å². The standard InChI is InChI=1S/C10H14N2O3/c1-11-12-10(13)8-5-4-7(14-2)6-9(8)15-3/h4-6,11H,1-3H3,(H,12,13). The molecule has 0 atom stereocenters. The lowest BCUT2D eigenvalue weighted by atomic mass is 10.2. The minimum atomic E-state index is -0.253. The molecule has 0 fully saturated rings. The number of rotatable bonds is 4. The van der Waals surface area contributed by atoms with Gasteiger partial charge in [0.25, 0.3) is 5.91 Å². The van der Waals surface area contributed by atoms with E-state index in [9.17, 15) is 4.79 Å². The van der Waals surface area contributed by atoms with Crippen LogP contribution in [0.3, 0.4) is 0 Å². The summed E-state index contributed by atoms with van der Waals surface area (Å²) in [6.07, 6.45) is 0. The molecule has 82 valence electrons. The number of methoxy groups -OCH3 is 2. The van der Waals surface area contributed by atoms with E-state index in [1.165, 1.54) is 7.11 Å². The van der Waals surface area contributed by atoms with E-state index in [1.807, 2.05) is 0 Å². The molecule has 1 aromatic carbocycles. The van der Waals surface area contributed by atoms with E-state index in [4.69, 9.17) is 9.47 Å². The van der Waals surface area contributed by atoms with Gasteiger partial charge in [-0.05, 0) is 12.1 Å². The third-order valence-electron chi connectivity index (χ3n) is 1.89. The number of carbonyl (C=O) groups excluding carboxylic acids is 1. The molecule has 1 amide bonds. The van der Waals surface area contributed by atoms with Gasteiger partial charge in [0.1, 0.15) is 11.5 Å². The zero-order chi connectivity index (χ0) is 11.3. The summed E-state index contributed by atoms with van der Waals surface area (Å²) >= 11 is 0. The Bertz CT molecular complexity index is 353. The quantitative estimate of drug-likeness (QED) is 0.713. The van der Waals surface area contributed by atoms with Gasteiger partial charge in [0.05, 0.1) is 19.8 Å². The third-order valence-corrected chi connectivity index (χ3v) is 1.89. The second-order valence-corrected chi connectivity index (χ2v) is 2.77. The maximum atomic E-state index is 11.5. The van der Waals surface area contributed by atoms with E-state index in [2.05, 4.69) is 10.9 Å². The predicted octanol–water partition coefficient (Wildman–Crippen LogP) is 0.568. The summed E-state index contributed by atoms with van der Waals surface area (Å²) in [5.41, 5.74) is 5.48. The van der Waals surface area contributed by atoms with E-state index < -0.39 is 0 Å². The van der Waals surface area contributed by atoms with E-state index in [0.717, 1.165) is 0 Å². The zero-order valence-corrected chi connectivity index (χ0v) is 8.96. The number of hydrazine groups is 1. The lowest BCUT2D eigenvalue weighted by Crippen LogP contribution is -2.34. The van der Waals surface area contributed by atoms with E-state index >= 15 is 0 Å². The fraction of sp³-hybridized carbons (Fsp3) is 0.300. The van der Waals surface area contributed by atoms with Gasteiger partial charge in [-0.2, -0.15) is 0 Å². The van der Waals surface area contributed by atoms with Gasteiger partial charge in [-0.25, -0.2) is 5.43 Å². The van der Waals surface area contributed by atoms with Crippen LogP contribution in [0.5, 0.6) is 11.5 Å². The highest BCUT2D eigenvalue weighted by atomic mass is 16.5. The van der Waals surface area contributed by atoms with Gasteiger partial charge >= 0.3 is 0 Å². The summed E-state index contributed by atoms with van der Waals surface area (Å²) in [7, 11) is 4.68. The van der Waals surface area contributed by atoms with Crippen molar-refractivity contribution in [2.75, 3.05) is 21.3 Å². The smallest absolute Gasteiger partial charge is 0.269 e. The normalized spacial score (nSPS) is 9.53. The maximum Gasteiger partial charge on any atom is 0.269 e. The monoisotopic (exact) mass is 210 g/mol. The Kier molecular flexibility index (Phi) is 3.93. The van der Waals surface area contributed by atoms with Crippen LogP contribution in [0.2, 0.25) is 0 Å². The van der Waals surface area contributed by atoms with Crippen molar-refractivity contribution >= 4 is 5.91 Å². The Hall–Kier alpha value is -1.75. The van der Waals surface area contributed by atoms with Crippen molar-refractivity contribution in [3.8, 4) is 11.5 Å². The summed E-state index contributed by atoms with van der Waals surface area (Å²) in [5.74, 6) is 0.868. The molecular weight excluding hydrogens is 196 g/mol. The van der Waals surface area contributed by atoms with E-state index in [0.29, 0.717) is 17.1 Å². The molecule has 1 aromatic rings. The van der Waals surface area contributed by atoms with Gasteiger partial charge in [0, 0.05) is 13.1 Å². The highest BCUT2D eigenvalue weighted by molar-refractivity contribution is 5.96. The Morgan fingerprint density at radius 3 is 2.53 bits per heavy atom. The van der Waals surface area contributed by atoms with Gasteiger partial charge in [-0.3, -0.25) is 10.2 Å². The summed E-state index contributed by atoms with van der Waals surface area (Å²) in [5, 5.41) is 0. The van der Waals surface area contributed by atoms with Crippen molar-refractivity contribution in [2.45, 2.75) is 0 Å². The second kappa shape index (κ2) is 5.21. The molecule has 15 heavy (non-hydrogen) atoms. The minimum absolute atomic E-state index is 0.253. The Morgan fingerprint density at radius 2 is 2.00 bits per heavy atom. The van der Waals surface area contributed by atoms with Crippen LogP contribution < -0.4 is 20.3 Å². The van der Waals surface area contributed by atoms with Crippen LogP contribution in [-0.2, 0) is 0 Å². The molecule has 1 rings (SSSR count). The first-order valence-corrected chi connectivity index (χ1v) is 4.42. The van der Waals surface area contributed by atoms with Gasteiger partial charge in [0.2, 0.25) is 0 Å². The van der Waals surface area contributed by atoms with Crippen molar-refractivity contribution in [1.29, 1.82) is 0 Å². The maximum absolute atomic E-state index is 11.5. The fourth-order valence-corrected chi connectivity index (χ4v) is 1.17. The Morgan fingerprint density at radius 1 is 1.27 bits per heavy atom. The molecular formula is C10H14N2O3. The molecule has 0 bridgehead atoms. The molecule has 0 aliphatic carbocycles. The Balaban J connectivity index is 3.02. The van der Waals surface area contributed by atoms with Crippen LogP contribution in [-0.4, -0.2) is 27.2 Å². The van der Waals surface area contributed by atoms with Gasteiger partial charge in [-0.1, -0.05) is 0 Å². The lowest BCUT2D eigenvalue weighted by Gasteiger charge is -2.09. The zero-order valence-electron chi connectivity index (χ0n) is 8.96. The average molecular weight is 210 g/mol. The summed E-state index contributed by atoms with van der Waals surface area (Å²) in [4.78, 5) is 11.5. The van der Waals surface area contributed by atoms with Crippen LogP contribution in [0.25, 0.3) is 0 Å². The number of hydrogen-bond acceptors (Lipinski definition) is 4. The van der Waals surface area contributed by atoms with Gasteiger partial charge in [0.15, 0.2) is 0 Å². The first-order valence-electron chi connectivity index (χ1n) is 4.42. The molecule has 0 heterocycles.